The van der Waals surface area contributed by atoms with Crippen molar-refractivity contribution in [3.05, 3.63) is 78.9 Å². The third kappa shape index (κ3) is 33.6. The monoisotopic (exact) mass is 485 g/mol. The maximum Gasteiger partial charge on any atom is 0.258 e. The van der Waals surface area contributed by atoms with Gasteiger partial charge in [0.25, 0.3) is 11.8 Å². The predicted octanol–water partition coefficient (Wildman–Crippen LogP) is 9.99. The Bertz CT molecular complexity index is 668. The van der Waals surface area contributed by atoms with Crippen molar-refractivity contribution in [3.8, 4) is 0 Å². The SMILES string of the molecule is CC.CC.CC.CC(C)(C)C.CC(C)(C)C.O=C1C=CC(=O)N1c1ccccc1.c1ccccc1. The van der Waals surface area contributed by atoms with Crippen molar-refractivity contribution in [2.75, 3.05) is 4.90 Å². The lowest BCUT2D eigenvalue weighted by atomic mass is 10.0. The van der Waals surface area contributed by atoms with Crippen molar-refractivity contribution in [3.63, 3.8) is 0 Å². The largest absolute Gasteiger partial charge is 0.269 e. The number of hydrogen-bond donors (Lipinski definition) is 0. The van der Waals surface area contributed by atoms with Gasteiger partial charge >= 0.3 is 0 Å². The first-order valence-corrected chi connectivity index (χ1v) is 12.9. The Labute approximate surface area is 218 Å². The van der Waals surface area contributed by atoms with Crippen molar-refractivity contribution in [1.29, 1.82) is 0 Å². The van der Waals surface area contributed by atoms with Gasteiger partial charge in [0.05, 0.1) is 5.69 Å². The molecule has 200 valence electrons. The molecule has 3 heteroatoms. The summed E-state index contributed by atoms with van der Waals surface area (Å²) in [4.78, 5) is 23.5. The highest BCUT2D eigenvalue weighted by molar-refractivity contribution is 6.28. The molecule has 3 rings (SSSR count). The van der Waals surface area contributed by atoms with Gasteiger partial charge < -0.3 is 0 Å². The number of para-hydroxylation sites is 1. The van der Waals surface area contributed by atoms with Gasteiger partial charge in [0.1, 0.15) is 0 Å². The lowest BCUT2D eigenvalue weighted by Crippen LogP contribution is -2.29. The molecule has 1 aliphatic heterocycles. The molecule has 0 radical (unpaired) electrons. The van der Waals surface area contributed by atoms with E-state index in [1.165, 1.54) is 12.2 Å². The predicted molar refractivity (Wildman–Crippen MR) is 159 cm³/mol. The van der Waals surface area contributed by atoms with E-state index in [1.54, 1.807) is 24.3 Å². The number of amides is 2. The summed E-state index contributed by atoms with van der Waals surface area (Å²) in [5, 5.41) is 0. The standard InChI is InChI=1S/C10H7NO2.C6H6.2C5H12.3C2H6/c12-9-6-7-10(13)11(9)8-4-2-1-3-5-8;1-2-4-6-5-3-1;2*1-5(2,3)4;3*1-2/h1-7H;1-6H;2*1-4H3;3*1-2H3. The van der Waals surface area contributed by atoms with Gasteiger partial charge in [-0.2, -0.15) is 0 Å². The molecule has 2 amide bonds. The van der Waals surface area contributed by atoms with E-state index in [0.29, 0.717) is 16.5 Å². The van der Waals surface area contributed by atoms with E-state index in [-0.39, 0.29) is 11.8 Å². The molecular formula is C32H55NO2. The molecular weight excluding hydrogens is 430 g/mol. The third-order valence-corrected chi connectivity index (χ3v) is 2.49. The van der Waals surface area contributed by atoms with Gasteiger partial charge in [-0.1, -0.05) is 152 Å². The molecule has 0 bridgehead atoms. The molecule has 1 aliphatic rings. The summed E-state index contributed by atoms with van der Waals surface area (Å²) in [5.74, 6) is -0.563. The fourth-order valence-electron chi connectivity index (χ4n) is 1.62. The first-order chi connectivity index (χ1) is 16.3. The molecule has 0 atom stereocenters. The second kappa shape index (κ2) is 24.4. The van der Waals surface area contributed by atoms with Gasteiger partial charge in [0, 0.05) is 12.2 Å². The average Bonchev–Trinajstić information content (AvgIpc) is 3.16. The van der Waals surface area contributed by atoms with Crippen molar-refractivity contribution < 1.29 is 9.59 Å². The van der Waals surface area contributed by atoms with Crippen LogP contribution >= 0.6 is 0 Å². The molecule has 2 aromatic rings. The maximum atomic E-state index is 11.2. The van der Waals surface area contributed by atoms with Crippen LogP contribution in [0.4, 0.5) is 5.69 Å². The van der Waals surface area contributed by atoms with Crippen molar-refractivity contribution >= 4 is 17.5 Å². The van der Waals surface area contributed by atoms with Crippen LogP contribution in [0.5, 0.6) is 0 Å². The first-order valence-electron chi connectivity index (χ1n) is 12.9. The molecule has 0 aromatic heterocycles. The molecule has 0 fully saturated rings. The molecule has 3 nitrogen and oxygen atoms in total. The second-order valence-corrected chi connectivity index (χ2v) is 9.84. The maximum absolute atomic E-state index is 11.2. The Kier molecular flexibility index (Phi) is 27.6. The van der Waals surface area contributed by atoms with Gasteiger partial charge in [-0.25, -0.2) is 4.90 Å². The first kappa shape index (κ1) is 39.5. The number of benzene rings is 2. The summed E-state index contributed by atoms with van der Waals surface area (Å²) in [6.07, 6.45) is 2.55. The normalized spacial score (nSPS) is 11.1. The number of imide groups is 1. The summed E-state index contributed by atoms with van der Waals surface area (Å²) in [6.45, 7) is 29.5. The summed E-state index contributed by atoms with van der Waals surface area (Å²) in [6, 6.07) is 20.9. The Morgan fingerprint density at radius 3 is 0.886 bits per heavy atom. The zero-order valence-corrected chi connectivity index (χ0v) is 25.3. The van der Waals surface area contributed by atoms with Gasteiger partial charge in [-0.05, 0) is 23.0 Å². The summed E-state index contributed by atoms with van der Waals surface area (Å²) < 4.78 is 0. The quantitative estimate of drug-likeness (QED) is 0.377. The van der Waals surface area contributed by atoms with Crippen LogP contribution in [0.25, 0.3) is 0 Å². The highest BCUT2D eigenvalue weighted by atomic mass is 16.2. The van der Waals surface area contributed by atoms with Crippen LogP contribution in [-0.4, -0.2) is 11.8 Å². The Balaban J connectivity index is -0.000000186. The highest BCUT2D eigenvalue weighted by Gasteiger charge is 2.24. The number of hydrogen-bond acceptors (Lipinski definition) is 2. The zero-order valence-electron chi connectivity index (χ0n) is 25.3. The molecule has 2 aromatic carbocycles. The van der Waals surface area contributed by atoms with Crippen molar-refractivity contribution in [2.24, 2.45) is 10.8 Å². The number of carbonyl (C=O) groups is 2. The summed E-state index contributed by atoms with van der Waals surface area (Å²) in [5.41, 5.74) is 1.61. The fourth-order valence-corrected chi connectivity index (χ4v) is 1.62. The lowest BCUT2D eigenvalue weighted by molar-refractivity contribution is -0.119. The van der Waals surface area contributed by atoms with Crippen LogP contribution in [0.3, 0.4) is 0 Å². The van der Waals surface area contributed by atoms with Crippen LogP contribution in [0, 0.1) is 10.8 Å². The van der Waals surface area contributed by atoms with Crippen LogP contribution < -0.4 is 4.90 Å². The Morgan fingerprint density at radius 2 is 0.657 bits per heavy atom. The molecule has 0 saturated carbocycles. The average molecular weight is 486 g/mol. The number of nitrogens with zero attached hydrogens (tertiary/aromatic N) is 1. The fraction of sp³-hybridized carbons (Fsp3) is 0.500. The molecule has 0 unspecified atom stereocenters. The van der Waals surface area contributed by atoms with E-state index < -0.39 is 0 Å². The van der Waals surface area contributed by atoms with Gasteiger partial charge in [-0.15, -0.1) is 0 Å². The van der Waals surface area contributed by atoms with E-state index in [9.17, 15) is 9.59 Å². The van der Waals surface area contributed by atoms with Gasteiger partial charge in [0.2, 0.25) is 0 Å². The van der Waals surface area contributed by atoms with E-state index in [4.69, 9.17) is 0 Å². The smallest absolute Gasteiger partial charge is 0.258 e. The molecule has 0 N–H and O–H groups in total. The summed E-state index contributed by atoms with van der Waals surface area (Å²) in [7, 11) is 0. The molecule has 1 heterocycles. The van der Waals surface area contributed by atoms with Crippen molar-refractivity contribution in [1.82, 2.24) is 0 Å². The number of carbonyl (C=O) groups excluding carboxylic acids is 2. The van der Waals surface area contributed by atoms with E-state index in [2.05, 4.69) is 55.4 Å². The molecule has 0 spiro atoms. The Morgan fingerprint density at radius 1 is 0.457 bits per heavy atom. The minimum absolute atomic E-state index is 0.281. The highest BCUT2D eigenvalue weighted by Crippen LogP contribution is 2.17. The van der Waals surface area contributed by atoms with Crippen LogP contribution in [0.15, 0.2) is 78.9 Å². The van der Waals surface area contributed by atoms with E-state index in [0.717, 1.165) is 4.90 Å². The Hall–Kier alpha value is -2.68. The topological polar surface area (TPSA) is 37.4 Å². The summed E-state index contributed by atoms with van der Waals surface area (Å²) >= 11 is 0. The molecule has 35 heavy (non-hydrogen) atoms. The van der Waals surface area contributed by atoms with E-state index >= 15 is 0 Å². The minimum atomic E-state index is -0.281. The minimum Gasteiger partial charge on any atom is -0.269 e. The molecule has 0 saturated heterocycles. The molecule has 0 aliphatic carbocycles. The third-order valence-electron chi connectivity index (χ3n) is 2.49. The van der Waals surface area contributed by atoms with Gasteiger partial charge in [0.15, 0.2) is 0 Å². The second-order valence-electron chi connectivity index (χ2n) is 9.84. The lowest BCUT2D eigenvalue weighted by Gasteiger charge is -2.12. The zero-order chi connectivity index (χ0) is 28.5. The number of rotatable bonds is 1. The van der Waals surface area contributed by atoms with Crippen LogP contribution in [-0.2, 0) is 9.59 Å². The van der Waals surface area contributed by atoms with E-state index in [1.807, 2.05) is 84.0 Å². The number of anilines is 1. The van der Waals surface area contributed by atoms with Gasteiger partial charge in [-0.3, -0.25) is 9.59 Å². The van der Waals surface area contributed by atoms with Crippen LogP contribution in [0.2, 0.25) is 0 Å². The van der Waals surface area contributed by atoms with Crippen LogP contribution in [0.1, 0.15) is 96.9 Å². The van der Waals surface area contributed by atoms with Crippen molar-refractivity contribution in [2.45, 2.75) is 96.9 Å².